The van der Waals surface area contributed by atoms with Gasteiger partial charge < -0.3 is 10.7 Å². The average molecular weight is 283 g/mol. The molecular weight excluding hydrogens is 271 g/mol. The summed E-state index contributed by atoms with van der Waals surface area (Å²) in [5, 5.41) is 1.82. The van der Waals surface area contributed by atoms with Crippen molar-refractivity contribution in [3.05, 3.63) is 54.4 Å². The van der Waals surface area contributed by atoms with Crippen LogP contribution in [0.1, 0.15) is 5.56 Å². The van der Waals surface area contributed by atoms with Gasteiger partial charge in [0, 0.05) is 18.1 Å². The molecule has 0 spiro atoms. The van der Waals surface area contributed by atoms with Crippen LogP contribution in [-0.4, -0.2) is 16.8 Å². The Morgan fingerprint density at radius 1 is 1.15 bits per heavy atom. The Bertz CT molecular complexity index is 579. The molecule has 20 heavy (non-hydrogen) atoms. The second-order valence-corrected chi connectivity index (χ2v) is 4.08. The molecule has 0 fully saturated rings. The highest BCUT2D eigenvalue weighted by atomic mass is 19.4. The predicted octanol–water partition coefficient (Wildman–Crippen LogP) is 2.73. The van der Waals surface area contributed by atoms with Gasteiger partial charge in [0.1, 0.15) is 0 Å². The van der Waals surface area contributed by atoms with E-state index in [1.54, 1.807) is 29.2 Å². The molecule has 0 bridgehead atoms. The third-order valence-electron chi connectivity index (χ3n) is 2.51. The summed E-state index contributed by atoms with van der Waals surface area (Å²) >= 11 is 0. The molecule has 0 aliphatic heterocycles. The molecule has 1 aromatic carbocycles. The molecule has 0 saturated carbocycles. The van der Waals surface area contributed by atoms with Crippen molar-refractivity contribution >= 4 is 11.6 Å². The Labute approximate surface area is 113 Å². The third-order valence-corrected chi connectivity index (χ3v) is 2.51. The fraction of sp³-hybridized carbons (Fsp3) is 0.154. The summed E-state index contributed by atoms with van der Waals surface area (Å²) in [6.45, 7) is 0.421. The number of halogens is 3. The smallest absolute Gasteiger partial charge is 0.322 e. The fourth-order valence-corrected chi connectivity index (χ4v) is 1.58. The normalized spacial score (nSPS) is 11.2. The van der Waals surface area contributed by atoms with Crippen molar-refractivity contribution in [1.82, 2.24) is 4.68 Å². The lowest BCUT2D eigenvalue weighted by atomic mass is 10.2. The Hall–Kier alpha value is -2.44. The first-order valence-corrected chi connectivity index (χ1v) is 5.79. The van der Waals surface area contributed by atoms with E-state index >= 15 is 0 Å². The van der Waals surface area contributed by atoms with Gasteiger partial charge in [-0.15, -0.1) is 0 Å². The number of alkyl halides is 3. The SMILES string of the molecule is O=C(Nc1cccc(CNn2cccc2)c1)C(F)(F)F. The number of aromatic nitrogens is 1. The number of benzene rings is 1. The summed E-state index contributed by atoms with van der Waals surface area (Å²) in [5.41, 5.74) is 3.89. The van der Waals surface area contributed by atoms with E-state index in [-0.39, 0.29) is 5.69 Å². The van der Waals surface area contributed by atoms with Gasteiger partial charge in [-0.2, -0.15) is 13.2 Å². The topological polar surface area (TPSA) is 46.1 Å². The van der Waals surface area contributed by atoms with Crippen LogP contribution in [0.25, 0.3) is 0 Å². The first-order chi connectivity index (χ1) is 9.45. The van der Waals surface area contributed by atoms with Crippen molar-refractivity contribution in [2.45, 2.75) is 12.7 Å². The highest BCUT2D eigenvalue weighted by Crippen LogP contribution is 2.18. The number of hydrogen-bond acceptors (Lipinski definition) is 2. The van der Waals surface area contributed by atoms with E-state index in [0.29, 0.717) is 6.54 Å². The molecule has 1 amide bonds. The van der Waals surface area contributed by atoms with Crippen LogP contribution in [0.5, 0.6) is 0 Å². The monoisotopic (exact) mass is 283 g/mol. The van der Waals surface area contributed by atoms with Crippen molar-refractivity contribution in [2.24, 2.45) is 0 Å². The molecule has 7 heteroatoms. The van der Waals surface area contributed by atoms with Gasteiger partial charge in [0.15, 0.2) is 0 Å². The van der Waals surface area contributed by atoms with Crippen molar-refractivity contribution in [1.29, 1.82) is 0 Å². The number of hydrogen-bond donors (Lipinski definition) is 2. The molecule has 0 saturated heterocycles. The second kappa shape index (κ2) is 5.68. The number of nitrogens with zero attached hydrogens (tertiary/aromatic N) is 1. The molecule has 0 radical (unpaired) electrons. The van der Waals surface area contributed by atoms with Gasteiger partial charge in [-0.3, -0.25) is 9.47 Å². The van der Waals surface area contributed by atoms with Gasteiger partial charge in [-0.1, -0.05) is 12.1 Å². The Morgan fingerprint density at radius 2 is 1.85 bits per heavy atom. The lowest BCUT2D eigenvalue weighted by Gasteiger charge is -2.11. The third kappa shape index (κ3) is 3.78. The maximum absolute atomic E-state index is 12.1. The van der Waals surface area contributed by atoms with Crippen LogP contribution in [0.4, 0.5) is 18.9 Å². The van der Waals surface area contributed by atoms with Gasteiger partial charge in [0.05, 0.1) is 6.54 Å². The van der Waals surface area contributed by atoms with E-state index in [1.165, 1.54) is 12.1 Å². The Kier molecular flexibility index (Phi) is 3.97. The Balaban J connectivity index is 1.99. The zero-order valence-corrected chi connectivity index (χ0v) is 10.3. The van der Waals surface area contributed by atoms with Gasteiger partial charge in [-0.05, 0) is 29.8 Å². The predicted molar refractivity (Wildman–Crippen MR) is 68.6 cm³/mol. The second-order valence-electron chi connectivity index (χ2n) is 4.08. The number of anilines is 1. The van der Waals surface area contributed by atoms with Crippen LogP contribution >= 0.6 is 0 Å². The molecule has 106 valence electrons. The average Bonchev–Trinajstić information content (AvgIpc) is 2.89. The van der Waals surface area contributed by atoms with Gasteiger partial charge in [-0.25, -0.2) is 0 Å². The van der Waals surface area contributed by atoms with Crippen molar-refractivity contribution in [2.75, 3.05) is 10.7 Å². The highest BCUT2D eigenvalue weighted by molar-refractivity contribution is 5.94. The van der Waals surface area contributed by atoms with E-state index in [4.69, 9.17) is 0 Å². The number of amides is 1. The molecule has 1 aromatic heterocycles. The molecule has 0 aliphatic carbocycles. The summed E-state index contributed by atoms with van der Waals surface area (Å²) in [5.74, 6) is -1.98. The van der Waals surface area contributed by atoms with E-state index in [1.807, 2.05) is 17.4 Å². The molecule has 0 unspecified atom stereocenters. The summed E-state index contributed by atoms with van der Waals surface area (Å²) in [4.78, 5) is 10.8. The van der Waals surface area contributed by atoms with Gasteiger partial charge >= 0.3 is 12.1 Å². The van der Waals surface area contributed by atoms with Gasteiger partial charge in [0.25, 0.3) is 0 Å². The quantitative estimate of drug-likeness (QED) is 0.906. The maximum atomic E-state index is 12.1. The maximum Gasteiger partial charge on any atom is 0.471 e. The number of nitrogens with one attached hydrogen (secondary N) is 2. The standard InChI is InChI=1S/C13H12F3N3O/c14-13(15,16)12(20)18-11-5-3-4-10(8-11)9-17-19-6-1-2-7-19/h1-8,17H,9H2,(H,18,20). The molecule has 2 aromatic rings. The van der Waals surface area contributed by atoms with Crippen LogP contribution in [0.2, 0.25) is 0 Å². The molecule has 2 rings (SSSR count). The minimum atomic E-state index is -4.89. The van der Waals surface area contributed by atoms with Crippen LogP contribution in [0.3, 0.4) is 0 Å². The van der Waals surface area contributed by atoms with E-state index in [0.717, 1.165) is 5.56 Å². The number of carbonyl (C=O) groups excluding carboxylic acids is 1. The lowest BCUT2D eigenvalue weighted by molar-refractivity contribution is -0.167. The number of rotatable bonds is 4. The van der Waals surface area contributed by atoms with Crippen LogP contribution in [0.15, 0.2) is 48.8 Å². The van der Waals surface area contributed by atoms with Crippen molar-refractivity contribution in [3.8, 4) is 0 Å². The molecule has 2 N–H and O–H groups in total. The van der Waals surface area contributed by atoms with Crippen molar-refractivity contribution in [3.63, 3.8) is 0 Å². The van der Waals surface area contributed by atoms with E-state index in [2.05, 4.69) is 5.43 Å². The molecule has 0 aliphatic rings. The number of carbonyl (C=O) groups is 1. The zero-order valence-electron chi connectivity index (χ0n) is 10.3. The van der Waals surface area contributed by atoms with E-state index in [9.17, 15) is 18.0 Å². The highest BCUT2D eigenvalue weighted by Gasteiger charge is 2.38. The molecule has 0 atom stereocenters. The fourth-order valence-electron chi connectivity index (χ4n) is 1.58. The molecular formula is C13H12F3N3O. The molecule has 1 heterocycles. The Morgan fingerprint density at radius 3 is 2.50 bits per heavy atom. The first kappa shape index (κ1) is 14.0. The van der Waals surface area contributed by atoms with Crippen LogP contribution in [-0.2, 0) is 11.3 Å². The largest absolute Gasteiger partial charge is 0.471 e. The van der Waals surface area contributed by atoms with Gasteiger partial charge in [0.2, 0.25) is 0 Å². The zero-order chi connectivity index (χ0) is 14.6. The van der Waals surface area contributed by atoms with Crippen LogP contribution in [0, 0.1) is 0 Å². The van der Waals surface area contributed by atoms with Crippen LogP contribution < -0.4 is 10.7 Å². The summed E-state index contributed by atoms with van der Waals surface area (Å²) < 4.78 is 38.1. The minimum Gasteiger partial charge on any atom is -0.322 e. The molecule has 4 nitrogen and oxygen atoms in total. The first-order valence-electron chi connectivity index (χ1n) is 5.79. The minimum absolute atomic E-state index is 0.110. The summed E-state index contributed by atoms with van der Waals surface area (Å²) in [6, 6.07) is 9.90. The lowest BCUT2D eigenvalue weighted by Crippen LogP contribution is -2.29. The summed E-state index contributed by atoms with van der Waals surface area (Å²) in [7, 11) is 0. The summed E-state index contributed by atoms with van der Waals surface area (Å²) in [6.07, 6.45) is -1.29. The van der Waals surface area contributed by atoms with E-state index < -0.39 is 12.1 Å². The van der Waals surface area contributed by atoms with Crippen molar-refractivity contribution < 1.29 is 18.0 Å².